The van der Waals surface area contributed by atoms with Gasteiger partial charge in [0, 0.05) is 43.9 Å². The first-order chi connectivity index (χ1) is 10.4. The first-order valence-electron chi connectivity index (χ1n) is 7.32. The van der Waals surface area contributed by atoms with Crippen LogP contribution in [0.5, 0.6) is 0 Å². The summed E-state index contributed by atoms with van der Waals surface area (Å²) in [5.74, 6) is 2.04. The van der Waals surface area contributed by atoms with E-state index in [1.165, 1.54) is 11.5 Å². The van der Waals surface area contributed by atoms with E-state index < -0.39 is 0 Å². The van der Waals surface area contributed by atoms with E-state index in [0.717, 1.165) is 23.9 Å². The smallest absolute Gasteiger partial charge is 0.239 e. The summed E-state index contributed by atoms with van der Waals surface area (Å²) in [7, 11) is 1.73. The van der Waals surface area contributed by atoms with Gasteiger partial charge in [0.05, 0.1) is 6.10 Å². The molecule has 0 radical (unpaired) electrons. The number of aromatic nitrogens is 4. The van der Waals surface area contributed by atoms with E-state index in [1.54, 1.807) is 14.0 Å². The third-order valence-electron chi connectivity index (χ3n) is 3.75. The van der Waals surface area contributed by atoms with Crippen molar-refractivity contribution in [1.82, 2.24) is 19.6 Å². The lowest BCUT2D eigenvalue weighted by Gasteiger charge is -2.20. The van der Waals surface area contributed by atoms with Crippen LogP contribution in [0, 0.1) is 6.92 Å². The van der Waals surface area contributed by atoms with Gasteiger partial charge in [0.2, 0.25) is 16.9 Å². The van der Waals surface area contributed by atoms with Crippen LogP contribution in [0.3, 0.4) is 0 Å². The molecule has 2 aromatic heterocycles. The van der Waals surface area contributed by atoms with Gasteiger partial charge in [-0.3, -0.25) is 0 Å². The number of hydrogen-bond donors (Lipinski definition) is 0. The van der Waals surface area contributed by atoms with Crippen LogP contribution in [0.25, 0.3) is 0 Å². The average Bonchev–Trinajstić information content (AvgIpc) is 3.15. The summed E-state index contributed by atoms with van der Waals surface area (Å²) in [4.78, 5) is 6.86. The highest BCUT2D eigenvalue weighted by molar-refractivity contribution is 7.09. The summed E-state index contributed by atoms with van der Waals surface area (Å²) in [5, 5.41) is 8.99. The van der Waals surface area contributed by atoms with Crippen LogP contribution in [-0.2, 0) is 10.2 Å². The first kappa shape index (κ1) is 15.4. The Hall–Kier alpha value is -1.54. The summed E-state index contributed by atoms with van der Waals surface area (Å²) in [6.45, 7) is 8.88. The van der Waals surface area contributed by atoms with E-state index in [2.05, 4.69) is 40.2 Å². The van der Waals surface area contributed by atoms with Gasteiger partial charge >= 0.3 is 0 Å². The van der Waals surface area contributed by atoms with Gasteiger partial charge in [-0.25, -0.2) is 4.98 Å². The molecule has 0 amide bonds. The van der Waals surface area contributed by atoms with E-state index in [-0.39, 0.29) is 17.6 Å². The monoisotopic (exact) mass is 323 g/mol. The van der Waals surface area contributed by atoms with Crippen LogP contribution in [0.2, 0.25) is 0 Å². The van der Waals surface area contributed by atoms with Gasteiger partial charge in [-0.05, 0) is 0 Å². The normalized spacial score (nSPS) is 22.5. The number of nitrogens with zero attached hydrogens (tertiary/aromatic N) is 5. The number of ether oxygens (including phenoxy) is 1. The minimum Gasteiger partial charge on any atom is -0.423 e. The molecule has 1 fully saturated rings. The maximum Gasteiger partial charge on any atom is 0.239 e. The maximum atomic E-state index is 5.62. The zero-order valence-corrected chi connectivity index (χ0v) is 14.3. The number of rotatable bonds is 3. The van der Waals surface area contributed by atoms with E-state index in [9.17, 15) is 0 Å². The van der Waals surface area contributed by atoms with Crippen molar-refractivity contribution < 1.29 is 9.15 Å². The Morgan fingerprint density at radius 1 is 1.32 bits per heavy atom. The molecule has 0 unspecified atom stereocenters. The Bertz CT molecular complexity index is 648. The Morgan fingerprint density at radius 2 is 2.09 bits per heavy atom. The second kappa shape index (κ2) is 5.58. The van der Waals surface area contributed by atoms with Crippen LogP contribution in [-0.4, -0.2) is 39.3 Å². The van der Waals surface area contributed by atoms with Gasteiger partial charge in [-0.1, -0.05) is 20.8 Å². The maximum absolute atomic E-state index is 5.62. The summed E-state index contributed by atoms with van der Waals surface area (Å²) in [6.07, 6.45) is 0.932. The molecule has 0 aromatic carbocycles. The fraction of sp³-hybridized carbons (Fsp3) is 0.714. The van der Waals surface area contributed by atoms with Crippen LogP contribution in [0.1, 0.15) is 50.8 Å². The molecule has 1 aliphatic rings. The van der Waals surface area contributed by atoms with Gasteiger partial charge < -0.3 is 14.1 Å². The molecule has 0 aliphatic carbocycles. The molecule has 1 aliphatic heterocycles. The molecule has 2 atom stereocenters. The van der Waals surface area contributed by atoms with Gasteiger partial charge in [0.25, 0.3) is 0 Å². The molecular weight excluding hydrogens is 302 g/mol. The predicted octanol–water partition coefficient (Wildman–Crippen LogP) is 2.49. The molecular formula is C14H21N5O2S. The van der Waals surface area contributed by atoms with E-state index in [4.69, 9.17) is 14.1 Å². The summed E-state index contributed by atoms with van der Waals surface area (Å²) >= 11 is 1.41. The Morgan fingerprint density at radius 3 is 2.64 bits per heavy atom. The number of anilines is 1. The SMILES string of the molecule is CO[C@H]1C[C@H](c2nnc(C)o2)N(c2nc(C(C)(C)C)ns2)C1. The van der Waals surface area contributed by atoms with Gasteiger partial charge in [0.15, 0.2) is 0 Å². The highest BCUT2D eigenvalue weighted by Gasteiger charge is 2.38. The van der Waals surface area contributed by atoms with Crippen molar-refractivity contribution in [2.24, 2.45) is 0 Å². The highest BCUT2D eigenvalue weighted by Crippen LogP contribution is 2.38. The fourth-order valence-electron chi connectivity index (χ4n) is 2.50. The van der Waals surface area contributed by atoms with Crippen molar-refractivity contribution in [3.63, 3.8) is 0 Å². The average molecular weight is 323 g/mol. The molecule has 0 N–H and O–H groups in total. The van der Waals surface area contributed by atoms with Crippen LogP contribution < -0.4 is 4.90 Å². The Kier molecular flexibility index (Phi) is 3.90. The van der Waals surface area contributed by atoms with Crippen molar-refractivity contribution in [1.29, 1.82) is 0 Å². The van der Waals surface area contributed by atoms with Crippen LogP contribution in [0.15, 0.2) is 4.42 Å². The van der Waals surface area contributed by atoms with Gasteiger partial charge in [0.1, 0.15) is 11.9 Å². The predicted molar refractivity (Wildman–Crippen MR) is 83.1 cm³/mol. The van der Waals surface area contributed by atoms with E-state index >= 15 is 0 Å². The second-order valence-electron chi connectivity index (χ2n) is 6.57. The lowest BCUT2D eigenvalue weighted by atomic mass is 9.96. The van der Waals surface area contributed by atoms with E-state index in [0.29, 0.717) is 11.8 Å². The number of methoxy groups -OCH3 is 1. The van der Waals surface area contributed by atoms with Crippen molar-refractivity contribution >= 4 is 16.7 Å². The van der Waals surface area contributed by atoms with Gasteiger partial charge in [-0.2, -0.15) is 4.37 Å². The topological polar surface area (TPSA) is 77.2 Å². The van der Waals surface area contributed by atoms with Crippen LogP contribution in [0.4, 0.5) is 5.13 Å². The summed E-state index contributed by atoms with van der Waals surface area (Å²) < 4.78 is 15.6. The lowest BCUT2D eigenvalue weighted by molar-refractivity contribution is 0.117. The molecule has 0 saturated carbocycles. The lowest BCUT2D eigenvalue weighted by Crippen LogP contribution is -2.25. The minimum atomic E-state index is -0.0638. The molecule has 120 valence electrons. The van der Waals surface area contributed by atoms with Gasteiger partial charge in [-0.15, -0.1) is 10.2 Å². The van der Waals surface area contributed by atoms with E-state index in [1.807, 2.05) is 0 Å². The molecule has 3 heterocycles. The third-order valence-corrected chi connectivity index (χ3v) is 4.51. The fourth-order valence-corrected chi connectivity index (χ4v) is 3.41. The number of hydrogen-bond acceptors (Lipinski definition) is 8. The van der Waals surface area contributed by atoms with Crippen LogP contribution >= 0.6 is 11.5 Å². The second-order valence-corrected chi connectivity index (χ2v) is 7.30. The molecule has 0 bridgehead atoms. The highest BCUT2D eigenvalue weighted by atomic mass is 32.1. The third kappa shape index (κ3) is 2.85. The zero-order chi connectivity index (χ0) is 15.9. The summed E-state index contributed by atoms with van der Waals surface area (Å²) in [5.41, 5.74) is -0.0638. The molecule has 22 heavy (non-hydrogen) atoms. The van der Waals surface area contributed by atoms with Crippen molar-refractivity contribution in [3.8, 4) is 0 Å². The molecule has 1 saturated heterocycles. The minimum absolute atomic E-state index is 0.00748. The first-order valence-corrected chi connectivity index (χ1v) is 8.09. The Balaban J connectivity index is 1.91. The Labute approximate surface area is 133 Å². The molecule has 2 aromatic rings. The zero-order valence-electron chi connectivity index (χ0n) is 13.5. The summed E-state index contributed by atoms with van der Waals surface area (Å²) in [6, 6.07) is -0.00748. The van der Waals surface area contributed by atoms with Crippen molar-refractivity contribution in [2.75, 3.05) is 18.6 Å². The molecule has 0 spiro atoms. The largest absolute Gasteiger partial charge is 0.423 e. The number of aryl methyl sites for hydroxylation is 1. The molecule has 7 nitrogen and oxygen atoms in total. The molecule has 3 rings (SSSR count). The standard InChI is InChI=1S/C14H21N5O2S/c1-8-16-17-11(21-8)10-6-9(20-5)7-19(10)13-15-12(18-22-13)14(2,3)4/h9-10H,6-7H2,1-5H3/t9-,10+/m0/s1. The quantitative estimate of drug-likeness (QED) is 0.858. The van der Waals surface area contributed by atoms with Crippen molar-refractivity contribution in [2.45, 2.75) is 51.7 Å². The van der Waals surface area contributed by atoms with Crippen molar-refractivity contribution in [3.05, 3.63) is 17.6 Å². The molecule has 8 heteroatoms.